The van der Waals surface area contributed by atoms with Gasteiger partial charge in [0.15, 0.2) is 0 Å². The lowest BCUT2D eigenvalue weighted by Gasteiger charge is -2.24. The van der Waals surface area contributed by atoms with E-state index in [1.54, 1.807) is 6.07 Å². The molecule has 0 saturated heterocycles. The van der Waals surface area contributed by atoms with Gasteiger partial charge in [-0.05, 0) is 86.3 Å². The van der Waals surface area contributed by atoms with Gasteiger partial charge in [-0.1, -0.05) is 22.0 Å². The molecule has 2 aromatic carbocycles. The van der Waals surface area contributed by atoms with Crippen LogP contribution in [-0.2, 0) is 0 Å². The van der Waals surface area contributed by atoms with Crippen molar-refractivity contribution in [3.8, 4) is 0 Å². The highest BCUT2D eigenvalue weighted by molar-refractivity contribution is 9.10. The van der Waals surface area contributed by atoms with Gasteiger partial charge in [0.05, 0.1) is 6.04 Å². The first-order chi connectivity index (χ1) is 9.85. The van der Waals surface area contributed by atoms with Crippen LogP contribution in [0.25, 0.3) is 0 Å². The predicted molar refractivity (Wildman–Crippen MR) is 90.4 cm³/mol. The van der Waals surface area contributed by atoms with Crippen LogP contribution in [0.5, 0.6) is 0 Å². The van der Waals surface area contributed by atoms with E-state index in [9.17, 15) is 4.39 Å². The molecule has 0 fully saturated rings. The molecule has 0 aliphatic carbocycles. The lowest BCUT2D eigenvalue weighted by molar-refractivity contribution is 0.614. The summed E-state index contributed by atoms with van der Waals surface area (Å²) in [6, 6.07) is 7.25. The predicted octanol–water partition coefficient (Wildman–Crippen LogP) is 5.13. The minimum atomic E-state index is -0.223. The van der Waals surface area contributed by atoms with Crippen molar-refractivity contribution in [2.24, 2.45) is 0 Å². The number of hydrogen-bond acceptors (Lipinski definition) is 1. The molecule has 112 valence electrons. The molecule has 21 heavy (non-hydrogen) atoms. The summed E-state index contributed by atoms with van der Waals surface area (Å²) in [4.78, 5) is 0. The molecular weight excluding hydrogens is 329 g/mol. The molecule has 0 bridgehead atoms. The van der Waals surface area contributed by atoms with Crippen LogP contribution < -0.4 is 5.32 Å². The first-order valence-electron chi connectivity index (χ1n) is 7.05. The van der Waals surface area contributed by atoms with E-state index >= 15 is 0 Å². The average Bonchev–Trinajstić information content (AvgIpc) is 2.40. The first-order valence-corrected chi connectivity index (χ1v) is 7.85. The largest absolute Gasteiger partial charge is 0.309 e. The Balaban J connectivity index is 2.67. The summed E-state index contributed by atoms with van der Waals surface area (Å²) in [6.07, 6.45) is 0. The first kappa shape index (κ1) is 16.2. The number of hydrogen-bond donors (Lipinski definition) is 1. The smallest absolute Gasteiger partial charge is 0.124 e. The van der Waals surface area contributed by atoms with Gasteiger partial charge in [0.25, 0.3) is 0 Å². The Bertz CT molecular complexity index is 633. The fourth-order valence-corrected chi connectivity index (χ4v) is 3.38. The molecular formula is C18H21BrFN. The molecule has 1 unspecified atom stereocenters. The van der Waals surface area contributed by atoms with Crippen molar-refractivity contribution in [2.45, 2.75) is 33.7 Å². The number of rotatable bonds is 3. The van der Waals surface area contributed by atoms with Crippen molar-refractivity contribution >= 4 is 15.9 Å². The van der Waals surface area contributed by atoms with Crippen LogP contribution in [0.2, 0.25) is 0 Å². The molecule has 0 aliphatic heterocycles. The van der Waals surface area contributed by atoms with E-state index in [-0.39, 0.29) is 11.9 Å². The third kappa shape index (κ3) is 3.19. The quantitative estimate of drug-likeness (QED) is 0.809. The molecule has 0 heterocycles. The van der Waals surface area contributed by atoms with E-state index in [4.69, 9.17) is 0 Å². The van der Waals surface area contributed by atoms with Gasteiger partial charge in [0.2, 0.25) is 0 Å². The van der Waals surface area contributed by atoms with Crippen LogP contribution in [0, 0.1) is 33.5 Å². The van der Waals surface area contributed by atoms with Crippen molar-refractivity contribution in [2.75, 3.05) is 7.05 Å². The lowest BCUT2D eigenvalue weighted by atomic mass is 9.87. The summed E-state index contributed by atoms with van der Waals surface area (Å²) >= 11 is 3.38. The minimum absolute atomic E-state index is 0.0180. The van der Waals surface area contributed by atoms with Gasteiger partial charge < -0.3 is 5.32 Å². The molecule has 2 rings (SSSR count). The van der Waals surface area contributed by atoms with Gasteiger partial charge in [-0.15, -0.1) is 0 Å². The van der Waals surface area contributed by atoms with Crippen LogP contribution in [0.15, 0.2) is 28.7 Å². The number of aryl methyl sites for hydroxylation is 2. The Morgan fingerprint density at radius 3 is 2.00 bits per heavy atom. The SMILES string of the molecule is CNC(c1cc(F)cc(Br)c1)c1c(C)c(C)cc(C)c1C. The zero-order valence-electron chi connectivity index (χ0n) is 13.1. The number of nitrogens with one attached hydrogen (secondary N) is 1. The average molecular weight is 350 g/mol. The highest BCUT2D eigenvalue weighted by Crippen LogP contribution is 2.32. The fraction of sp³-hybridized carbons (Fsp3) is 0.333. The summed E-state index contributed by atoms with van der Waals surface area (Å²) in [5.74, 6) is -0.223. The zero-order valence-corrected chi connectivity index (χ0v) is 14.7. The third-order valence-corrected chi connectivity index (χ3v) is 4.68. The van der Waals surface area contributed by atoms with E-state index in [2.05, 4.69) is 55.0 Å². The second kappa shape index (κ2) is 6.29. The van der Waals surface area contributed by atoms with Crippen LogP contribution >= 0.6 is 15.9 Å². The summed E-state index contributed by atoms with van der Waals surface area (Å²) in [5.41, 5.74) is 7.23. The molecule has 0 aliphatic rings. The van der Waals surface area contributed by atoms with E-state index in [0.717, 1.165) is 10.0 Å². The second-order valence-corrected chi connectivity index (χ2v) is 6.51. The second-order valence-electron chi connectivity index (χ2n) is 5.60. The molecule has 0 aromatic heterocycles. The van der Waals surface area contributed by atoms with Crippen LogP contribution in [0.3, 0.4) is 0 Å². The molecule has 0 amide bonds. The van der Waals surface area contributed by atoms with Gasteiger partial charge in [0.1, 0.15) is 5.82 Å². The maximum atomic E-state index is 13.7. The summed E-state index contributed by atoms with van der Waals surface area (Å²) < 4.78 is 14.5. The maximum Gasteiger partial charge on any atom is 0.124 e. The molecule has 3 heteroatoms. The Morgan fingerprint density at radius 1 is 0.952 bits per heavy atom. The molecule has 0 saturated carbocycles. The molecule has 1 N–H and O–H groups in total. The summed E-state index contributed by atoms with van der Waals surface area (Å²) in [6.45, 7) is 8.52. The highest BCUT2D eigenvalue weighted by atomic mass is 79.9. The highest BCUT2D eigenvalue weighted by Gasteiger charge is 2.20. The Labute approximate surface area is 134 Å². The molecule has 0 spiro atoms. The topological polar surface area (TPSA) is 12.0 Å². The molecule has 0 radical (unpaired) electrons. The molecule has 1 atom stereocenters. The van der Waals surface area contributed by atoms with E-state index in [0.29, 0.717) is 0 Å². The Morgan fingerprint density at radius 2 is 1.52 bits per heavy atom. The van der Waals surface area contributed by atoms with Crippen molar-refractivity contribution in [3.05, 3.63) is 67.9 Å². The van der Waals surface area contributed by atoms with Crippen molar-refractivity contribution in [3.63, 3.8) is 0 Å². The van der Waals surface area contributed by atoms with Gasteiger partial charge in [0, 0.05) is 4.47 Å². The minimum Gasteiger partial charge on any atom is -0.309 e. The zero-order chi connectivity index (χ0) is 15.7. The standard InChI is InChI=1S/C18H21BrFN/c1-10-6-11(2)13(4)17(12(10)3)18(21-5)14-7-15(19)9-16(20)8-14/h6-9,18,21H,1-5H3. The van der Waals surface area contributed by atoms with E-state index in [1.165, 1.54) is 33.9 Å². The van der Waals surface area contributed by atoms with E-state index < -0.39 is 0 Å². The third-order valence-electron chi connectivity index (χ3n) is 4.22. The van der Waals surface area contributed by atoms with Gasteiger partial charge in [-0.3, -0.25) is 0 Å². The number of benzene rings is 2. The van der Waals surface area contributed by atoms with Crippen molar-refractivity contribution in [1.82, 2.24) is 5.32 Å². The van der Waals surface area contributed by atoms with Crippen molar-refractivity contribution < 1.29 is 4.39 Å². The van der Waals surface area contributed by atoms with Crippen molar-refractivity contribution in [1.29, 1.82) is 0 Å². The van der Waals surface area contributed by atoms with Gasteiger partial charge in [-0.2, -0.15) is 0 Å². The Hall–Kier alpha value is -1.19. The van der Waals surface area contributed by atoms with E-state index in [1.807, 2.05) is 13.1 Å². The fourth-order valence-electron chi connectivity index (χ4n) is 2.90. The van der Waals surface area contributed by atoms with Gasteiger partial charge >= 0.3 is 0 Å². The van der Waals surface area contributed by atoms with Crippen LogP contribution in [0.1, 0.15) is 39.4 Å². The monoisotopic (exact) mass is 349 g/mol. The summed E-state index contributed by atoms with van der Waals surface area (Å²) in [5, 5.41) is 3.34. The number of halogens is 2. The molecule has 2 aromatic rings. The van der Waals surface area contributed by atoms with Crippen LogP contribution in [0.4, 0.5) is 4.39 Å². The Kier molecular flexibility index (Phi) is 4.84. The maximum absolute atomic E-state index is 13.7. The normalized spacial score (nSPS) is 12.5. The van der Waals surface area contributed by atoms with Crippen LogP contribution in [-0.4, -0.2) is 7.05 Å². The van der Waals surface area contributed by atoms with Gasteiger partial charge in [-0.25, -0.2) is 4.39 Å². The lowest BCUT2D eigenvalue weighted by Crippen LogP contribution is -2.21. The summed E-state index contributed by atoms with van der Waals surface area (Å²) in [7, 11) is 1.92. The molecule has 1 nitrogen and oxygen atoms in total.